The lowest BCUT2D eigenvalue weighted by atomic mass is 10.0. The van der Waals surface area contributed by atoms with Crippen LogP contribution < -0.4 is 0 Å². The van der Waals surface area contributed by atoms with Crippen LogP contribution in [0, 0.1) is 0 Å². The smallest absolute Gasteiger partial charge is 0.336 e. The molecule has 0 spiro atoms. The summed E-state index contributed by atoms with van der Waals surface area (Å²) in [7, 11) is 0. The molecule has 1 aromatic carbocycles. The maximum Gasteiger partial charge on any atom is 0.336 e. The minimum absolute atomic E-state index is 0.0214. The minimum Gasteiger partial charge on any atom is -0.478 e. The molecule has 0 saturated carbocycles. The monoisotopic (exact) mass is 420 g/mol. The zero-order chi connectivity index (χ0) is 22.2. The molecule has 7 nitrogen and oxygen atoms in total. The van der Waals surface area contributed by atoms with Crippen molar-refractivity contribution in [3.63, 3.8) is 0 Å². The summed E-state index contributed by atoms with van der Waals surface area (Å²) < 4.78 is 1.82. The number of unbranched alkanes of at least 4 members (excludes halogenated alkanes) is 2. The summed E-state index contributed by atoms with van der Waals surface area (Å²) in [4.78, 5) is 32.9. The normalized spacial score (nSPS) is 10.9. The van der Waals surface area contributed by atoms with E-state index in [4.69, 9.17) is 0 Å². The second kappa shape index (κ2) is 10.6. The summed E-state index contributed by atoms with van der Waals surface area (Å²) in [6.07, 6.45) is 6.36. The Morgan fingerprint density at radius 1 is 1.03 bits per heavy atom. The first-order chi connectivity index (χ1) is 15.0. The number of aryl methyl sites for hydroxylation is 1. The molecule has 2 aromatic heterocycles. The van der Waals surface area contributed by atoms with Gasteiger partial charge in [-0.15, -0.1) is 5.10 Å². The van der Waals surface area contributed by atoms with E-state index in [1.54, 1.807) is 24.4 Å². The highest BCUT2D eigenvalue weighted by Crippen LogP contribution is 2.23. The molecule has 0 amide bonds. The number of rotatable bonds is 11. The Balaban J connectivity index is 1.82. The molecule has 7 heteroatoms. The Kier molecular flexibility index (Phi) is 7.65. The summed E-state index contributed by atoms with van der Waals surface area (Å²) in [5, 5.41) is 13.9. The molecule has 0 aliphatic rings. The number of carbonyl (C=O) groups is 2. The van der Waals surface area contributed by atoms with E-state index < -0.39 is 5.97 Å². The molecular weight excluding hydrogens is 392 g/mol. The minimum atomic E-state index is -0.969. The Labute approximate surface area is 182 Å². The van der Waals surface area contributed by atoms with Gasteiger partial charge in [-0.1, -0.05) is 51.0 Å². The standard InChI is InChI=1S/C24H28N4O3/c1-3-5-11-21(29)23-26-22(28(27-23)14-6-4-2)15-18-13-12-17(16-25-18)19-9-7-8-10-20(19)24(30)31/h7-10,12-13,16H,3-6,11,14-15H2,1-2H3,(H,30,31). The van der Waals surface area contributed by atoms with E-state index in [1.165, 1.54) is 0 Å². The van der Waals surface area contributed by atoms with Crippen LogP contribution in [0.3, 0.4) is 0 Å². The Morgan fingerprint density at radius 3 is 2.48 bits per heavy atom. The summed E-state index contributed by atoms with van der Waals surface area (Å²) in [5.74, 6) is 0.0157. The lowest BCUT2D eigenvalue weighted by Crippen LogP contribution is -2.08. The number of benzene rings is 1. The number of Topliss-reactive ketones (excluding diaryl/α,β-unsaturated/α-hetero) is 1. The molecule has 0 bridgehead atoms. The van der Waals surface area contributed by atoms with Gasteiger partial charge in [0, 0.05) is 36.8 Å². The fourth-order valence-electron chi connectivity index (χ4n) is 3.33. The first kappa shape index (κ1) is 22.3. The number of pyridine rings is 1. The second-order valence-electron chi connectivity index (χ2n) is 7.52. The van der Waals surface area contributed by atoms with Crippen LogP contribution in [0.5, 0.6) is 0 Å². The number of aromatic carboxylic acids is 1. The molecule has 31 heavy (non-hydrogen) atoms. The van der Waals surface area contributed by atoms with Gasteiger partial charge >= 0.3 is 5.97 Å². The van der Waals surface area contributed by atoms with Gasteiger partial charge in [-0.05, 0) is 30.5 Å². The Hall–Kier alpha value is -3.35. The summed E-state index contributed by atoms with van der Waals surface area (Å²) in [6.45, 7) is 4.87. The molecule has 0 saturated heterocycles. The van der Waals surface area contributed by atoms with Gasteiger partial charge in [0.15, 0.2) is 0 Å². The predicted molar refractivity (Wildman–Crippen MR) is 118 cm³/mol. The molecule has 3 rings (SSSR count). The Bertz CT molecular complexity index is 1040. The third kappa shape index (κ3) is 5.63. The van der Waals surface area contributed by atoms with E-state index >= 15 is 0 Å². The van der Waals surface area contributed by atoms with Gasteiger partial charge in [0.1, 0.15) is 5.82 Å². The first-order valence-corrected chi connectivity index (χ1v) is 10.8. The van der Waals surface area contributed by atoms with Crippen LogP contribution in [0.15, 0.2) is 42.6 Å². The molecular formula is C24H28N4O3. The number of carboxylic acid groups (broad SMARTS) is 1. The summed E-state index contributed by atoms with van der Waals surface area (Å²) in [6, 6.07) is 10.6. The number of carboxylic acids is 1. The predicted octanol–water partition coefficient (Wildman–Crippen LogP) is 4.80. The van der Waals surface area contributed by atoms with Gasteiger partial charge in [-0.3, -0.25) is 9.78 Å². The number of carbonyl (C=O) groups excluding carboxylic acids is 1. The molecule has 0 radical (unpaired) electrons. The van der Waals surface area contributed by atoms with Crippen LogP contribution >= 0.6 is 0 Å². The van der Waals surface area contributed by atoms with E-state index in [9.17, 15) is 14.7 Å². The zero-order valence-corrected chi connectivity index (χ0v) is 18.0. The highest BCUT2D eigenvalue weighted by molar-refractivity contribution is 5.95. The van der Waals surface area contributed by atoms with Crippen molar-refractivity contribution in [1.82, 2.24) is 19.7 Å². The van der Waals surface area contributed by atoms with E-state index in [2.05, 4.69) is 28.9 Å². The molecule has 0 aliphatic carbocycles. The van der Waals surface area contributed by atoms with Crippen LogP contribution in [0.4, 0.5) is 0 Å². The highest BCUT2D eigenvalue weighted by Gasteiger charge is 2.17. The van der Waals surface area contributed by atoms with Gasteiger partial charge in [-0.25, -0.2) is 14.5 Å². The van der Waals surface area contributed by atoms with Gasteiger partial charge in [-0.2, -0.15) is 0 Å². The van der Waals surface area contributed by atoms with E-state index in [1.807, 2.05) is 22.9 Å². The van der Waals surface area contributed by atoms with Crippen molar-refractivity contribution in [1.29, 1.82) is 0 Å². The molecule has 3 aromatic rings. The average molecular weight is 421 g/mol. The molecule has 2 heterocycles. The zero-order valence-electron chi connectivity index (χ0n) is 18.0. The molecule has 0 unspecified atom stereocenters. The van der Waals surface area contributed by atoms with Crippen LogP contribution in [0.2, 0.25) is 0 Å². The maximum absolute atomic E-state index is 12.4. The number of ketones is 1. The van der Waals surface area contributed by atoms with Crippen LogP contribution in [0.1, 0.15) is 78.4 Å². The van der Waals surface area contributed by atoms with Gasteiger partial charge in [0.25, 0.3) is 0 Å². The SMILES string of the molecule is CCCCC(=O)c1nc(Cc2ccc(-c3ccccc3C(=O)O)cn2)n(CCCC)n1. The van der Waals surface area contributed by atoms with Crippen molar-refractivity contribution in [3.05, 3.63) is 65.5 Å². The molecule has 1 N–H and O–H groups in total. The van der Waals surface area contributed by atoms with Crippen molar-refractivity contribution in [3.8, 4) is 11.1 Å². The lowest BCUT2D eigenvalue weighted by molar-refractivity contribution is 0.0697. The molecule has 0 aliphatic heterocycles. The van der Waals surface area contributed by atoms with Gasteiger partial charge in [0.2, 0.25) is 11.6 Å². The Morgan fingerprint density at radius 2 is 1.81 bits per heavy atom. The first-order valence-electron chi connectivity index (χ1n) is 10.8. The van der Waals surface area contributed by atoms with Crippen LogP contribution in [0.25, 0.3) is 11.1 Å². The van der Waals surface area contributed by atoms with Crippen molar-refractivity contribution in [2.45, 2.75) is 58.9 Å². The topological polar surface area (TPSA) is 98.0 Å². The number of aromatic nitrogens is 4. The van der Waals surface area contributed by atoms with Crippen LogP contribution in [-0.2, 0) is 13.0 Å². The van der Waals surface area contributed by atoms with Crippen LogP contribution in [-0.4, -0.2) is 36.6 Å². The third-order valence-electron chi connectivity index (χ3n) is 5.11. The number of nitrogens with zero attached hydrogens (tertiary/aromatic N) is 4. The largest absolute Gasteiger partial charge is 0.478 e. The van der Waals surface area contributed by atoms with Crippen molar-refractivity contribution >= 4 is 11.8 Å². The van der Waals surface area contributed by atoms with E-state index in [0.717, 1.165) is 42.8 Å². The fraction of sp³-hybridized carbons (Fsp3) is 0.375. The maximum atomic E-state index is 12.4. The summed E-state index contributed by atoms with van der Waals surface area (Å²) >= 11 is 0. The summed E-state index contributed by atoms with van der Waals surface area (Å²) in [5.41, 5.74) is 2.40. The highest BCUT2D eigenvalue weighted by atomic mass is 16.4. The molecule has 162 valence electrons. The quantitative estimate of drug-likeness (QED) is 0.447. The fourth-order valence-corrected chi connectivity index (χ4v) is 3.33. The number of hydrogen-bond acceptors (Lipinski definition) is 5. The molecule has 0 fully saturated rings. The van der Waals surface area contributed by atoms with E-state index in [-0.39, 0.29) is 17.2 Å². The van der Waals surface area contributed by atoms with Crippen molar-refractivity contribution in [2.24, 2.45) is 0 Å². The third-order valence-corrected chi connectivity index (χ3v) is 5.11. The molecule has 0 atom stereocenters. The van der Waals surface area contributed by atoms with E-state index in [0.29, 0.717) is 24.9 Å². The second-order valence-corrected chi connectivity index (χ2v) is 7.52. The van der Waals surface area contributed by atoms with Gasteiger partial charge in [0.05, 0.1) is 5.56 Å². The lowest BCUT2D eigenvalue weighted by Gasteiger charge is -2.08. The average Bonchev–Trinajstić information content (AvgIpc) is 3.19. The van der Waals surface area contributed by atoms with Crippen molar-refractivity contribution < 1.29 is 14.7 Å². The number of hydrogen-bond donors (Lipinski definition) is 1. The van der Waals surface area contributed by atoms with Crippen molar-refractivity contribution in [2.75, 3.05) is 0 Å². The van der Waals surface area contributed by atoms with Gasteiger partial charge < -0.3 is 5.11 Å².